The smallest absolute Gasteiger partial charge is 0.284 e. The van der Waals surface area contributed by atoms with Crippen molar-refractivity contribution in [3.8, 4) is 0 Å². The summed E-state index contributed by atoms with van der Waals surface area (Å²) >= 11 is 0. The summed E-state index contributed by atoms with van der Waals surface area (Å²) in [5.74, 6) is -0.107. The Morgan fingerprint density at radius 2 is 2.27 bits per heavy atom. The third-order valence-corrected chi connectivity index (χ3v) is 1.44. The molecular weight excluding hydrogens is 192 g/mol. The molecule has 0 aromatic carbocycles. The van der Waals surface area contributed by atoms with E-state index < -0.39 is 5.91 Å². The fourth-order valence-electron chi connectivity index (χ4n) is 0.881. The first-order valence-corrected chi connectivity index (χ1v) is 4.29. The van der Waals surface area contributed by atoms with Crippen molar-refractivity contribution in [3.05, 3.63) is 49.0 Å². The van der Waals surface area contributed by atoms with E-state index in [9.17, 15) is 4.79 Å². The molecule has 0 aromatic heterocycles. The predicted octanol–water partition coefficient (Wildman–Crippen LogP) is 1.67. The summed E-state index contributed by atoms with van der Waals surface area (Å²) in [5.41, 5.74) is 5.01. The number of ether oxygens (including phenoxy) is 1. The zero-order chi connectivity index (χ0) is 11.7. The number of nitrogens with one attached hydrogen (secondary N) is 1. The maximum atomic E-state index is 10.8. The molecule has 0 saturated carbocycles. The number of carbonyl (C=O) groups is 1. The van der Waals surface area contributed by atoms with Gasteiger partial charge >= 0.3 is 0 Å². The van der Waals surface area contributed by atoms with Crippen molar-refractivity contribution in [2.24, 2.45) is 5.73 Å². The van der Waals surface area contributed by atoms with E-state index in [1.807, 2.05) is 12.2 Å². The summed E-state index contributed by atoms with van der Waals surface area (Å²) in [6.45, 7) is 6.00. The molecular formula is C11H14N2O2. The monoisotopic (exact) mass is 206 g/mol. The molecule has 1 amide bonds. The van der Waals surface area contributed by atoms with E-state index >= 15 is 0 Å². The Bertz CT molecular complexity index is 327. The largest absolute Gasteiger partial charge is 0.452 e. The van der Waals surface area contributed by atoms with Crippen LogP contribution in [0.15, 0.2) is 49.0 Å². The van der Waals surface area contributed by atoms with Gasteiger partial charge in [-0.1, -0.05) is 6.08 Å². The van der Waals surface area contributed by atoms with E-state index in [0.717, 1.165) is 12.6 Å². The molecule has 0 atom stereocenters. The average molecular weight is 206 g/mol. The van der Waals surface area contributed by atoms with Crippen LogP contribution in [-0.4, -0.2) is 12.1 Å². The lowest BCUT2D eigenvalue weighted by Gasteiger charge is -2.04. The molecule has 0 saturated heterocycles. The Morgan fingerprint density at radius 3 is 2.67 bits per heavy atom. The van der Waals surface area contributed by atoms with Crippen LogP contribution in [0.4, 0.5) is 0 Å². The number of hydrogen-bond acceptors (Lipinski definition) is 3. The number of primary amides is 1. The van der Waals surface area contributed by atoms with Crippen LogP contribution < -0.4 is 5.73 Å². The second-order valence-corrected chi connectivity index (χ2v) is 2.41. The van der Waals surface area contributed by atoms with Gasteiger partial charge in [-0.05, 0) is 18.6 Å². The molecule has 80 valence electrons. The van der Waals surface area contributed by atoms with Gasteiger partial charge in [0.15, 0.2) is 5.76 Å². The van der Waals surface area contributed by atoms with Crippen molar-refractivity contribution in [1.82, 2.24) is 0 Å². The Kier molecular flexibility index (Phi) is 6.29. The molecule has 0 spiro atoms. The molecule has 0 aliphatic heterocycles. The zero-order valence-corrected chi connectivity index (χ0v) is 8.40. The van der Waals surface area contributed by atoms with Crippen LogP contribution in [0.5, 0.6) is 0 Å². The van der Waals surface area contributed by atoms with Gasteiger partial charge in [0.1, 0.15) is 5.76 Å². The van der Waals surface area contributed by atoms with E-state index in [0.29, 0.717) is 5.76 Å². The van der Waals surface area contributed by atoms with Crippen LogP contribution in [-0.2, 0) is 9.53 Å². The number of allylic oxidation sites excluding steroid dienone is 4. The second kappa shape index (κ2) is 7.32. The van der Waals surface area contributed by atoms with Crippen LogP contribution in [0.1, 0.15) is 6.42 Å². The highest BCUT2D eigenvalue weighted by Crippen LogP contribution is 2.13. The van der Waals surface area contributed by atoms with E-state index in [2.05, 4.69) is 13.2 Å². The summed E-state index contributed by atoms with van der Waals surface area (Å²) in [5, 5.41) is 6.77. The van der Waals surface area contributed by atoms with Gasteiger partial charge in [-0.2, -0.15) is 0 Å². The Labute approximate surface area is 88.9 Å². The molecule has 4 nitrogen and oxygen atoms in total. The van der Waals surface area contributed by atoms with Crippen molar-refractivity contribution in [2.75, 3.05) is 0 Å². The first kappa shape index (κ1) is 12.9. The minimum absolute atomic E-state index is 0.0206. The molecule has 0 fully saturated rings. The number of nitrogens with two attached hydrogens (primary N) is 1. The van der Waals surface area contributed by atoms with Crippen LogP contribution >= 0.6 is 0 Å². The van der Waals surface area contributed by atoms with E-state index in [4.69, 9.17) is 15.9 Å². The Hall–Kier alpha value is -2.10. The second-order valence-electron chi connectivity index (χ2n) is 2.41. The van der Waals surface area contributed by atoms with Crippen molar-refractivity contribution in [1.29, 1.82) is 5.41 Å². The molecule has 0 unspecified atom stereocenters. The minimum atomic E-state index is -0.676. The van der Waals surface area contributed by atoms with Gasteiger partial charge in [0.2, 0.25) is 0 Å². The first-order chi connectivity index (χ1) is 7.24. The molecule has 0 aromatic rings. The van der Waals surface area contributed by atoms with Crippen molar-refractivity contribution >= 4 is 12.1 Å². The summed E-state index contributed by atoms with van der Waals surface area (Å²) in [7, 11) is 0. The molecule has 4 heteroatoms. The zero-order valence-electron chi connectivity index (χ0n) is 8.40. The summed E-state index contributed by atoms with van der Waals surface area (Å²) < 4.78 is 5.12. The van der Waals surface area contributed by atoms with Gasteiger partial charge in [-0.3, -0.25) is 4.79 Å². The van der Waals surface area contributed by atoms with E-state index in [1.54, 1.807) is 6.08 Å². The summed E-state index contributed by atoms with van der Waals surface area (Å²) in [6.07, 6.45) is 8.44. The average Bonchev–Trinajstić information content (AvgIpc) is 2.73. The van der Waals surface area contributed by atoms with Gasteiger partial charge in [0, 0.05) is 12.3 Å². The van der Waals surface area contributed by atoms with E-state index in [-0.39, 0.29) is 5.76 Å². The Morgan fingerprint density at radius 1 is 1.60 bits per heavy atom. The lowest BCUT2D eigenvalue weighted by Crippen LogP contribution is -2.16. The normalized spacial score (nSPS) is 13.6. The van der Waals surface area contributed by atoms with Crippen LogP contribution in [0.25, 0.3) is 0 Å². The predicted molar refractivity (Wildman–Crippen MR) is 60.2 cm³/mol. The highest BCUT2D eigenvalue weighted by Gasteiger charge is 2.08. The minimum Gasteiger partial charge on any atom is -0.452 e. The van der Waals surface area contributed by atoms with E-state index in [1.165, 1.54) is 6.08 Å². The highest BCUT2D eigenvalue weighted by atomic mass is 16.5. The van der Waals surface area contributed by atoms with Crippen molar-refractivity contribution in [3.63, 3.8) is 0 Å². The molecule has 1 aliphatic rings. The van der Waals surface area contributed by atoms with Crippen molar-refractivity contribution in [2.45, 2.75) is 6.42 Å². The van der Waals surface area contributed by atoms with Gasteiger partial charge in [-0.15, -0.1) is 13.2 Å². The maximum Gasteiger partial charge on any atom is 0.284 e. The maximum absolute atomic E-state index is 10.8. The molecule has 15 heavy (non-hydrogen) atoms. The number of carbonyl (C=O) groups excluding carboxylic acids is 1. The third kappa shape index (κ3) is 4.61. The highest BCUT2D eigenvalue weighted by molar-refractivity contribution is 5.94. The molecule has 0 radical (unpaired) electrons. The number of amides is 1. The lowest BCUT2D eigenvalue weighted by atomic mass is 10.4. The lowest BCUT2D eigenvalue weighted by molar-refractivity contribution is -0.117. The van der Waals surface area contributed by atoms with Crippen molar-refractivity contribution < 1.29 is 9.53 Å². The molecule has 1 rings (SSSR count). The quantitative estimate of drug-likeness (QED) is 0.317. The first-order valence-electron chi connectivity index (χ1n) is 4.29. The number of rotatable bonds is 4. The van der Waals surface area contributed by atoms with Gasteiger partial charge < -0.3 is 15.9 Å². The standard InChI is InChI=1S/C9H10N2O2.C2H4/c10-6-5-8(9(11)12)13-7-3-1-2-4-7;1-2/h1,3-6,10H,2H2,(H2,11,12);1-2H2/b8-5+,10-6?;. The summed E-state index contributed by atoms with van der Waals surface area (Å²) in [6, 6.07) is 0. The van der Waals surface area contributed by atoms with Crippen LogP contribution in [0, 0.1) is 5.41 Å². The third-order valence-electron chi connectivity index (χ3n) is 1.44. The summed E-state index contributed by atoms with van der Waals surface area (Å²) in [4.78, 5) is 10.8. The molecule has 0 bridgehead atoms. The molecule has 1 aliphatic carbocycles. The molecule has 0 heterocycles. The Balaban J connectivity index is 0.000000921. The number of hydrogen-bond donors (Lipinski definition) is 2. The fraction of sp³-hybridized carbons (Fsp3) is 0.0909. The van der Waals surface area contributed by atoms with Gasteiger partial charge in [0.25, 0.3) is 5.91 Å². The topological polar surface area (TPSA) is 76.2 Å². The molecule has 3 N–H and O–H groups in total. The van der Waals surface area contributed by atoms with Gasteiger partial charge in [0.05, 0.1) is 0 Å². The van der Waals surface area contributed by atoms with Gasteiger partial charge in [-0.25, -0.2) is 0 Å². The fourth-order valence-corrected chi connectivity index (χ4v) is 0.881. The van der Waals surface area contributed by atoms with Crippen LogP contribution in [0.2, 0.25) is 0 Å². The van der Waals surface area contributed by atoms with Crippen LogP contribution in [0.3, 0.4) is 0 Å². The SMILES string of the molecule is C=C.N=C/C=C(/OC1=CCC=C1)C(N)=O.